The van der Waals surface area contributed by atoms with Gasteiger partial charge in [-0.2, -0.15) is 0 Å². The van der Waals surface area contributed by atoms with Crippen molar-refractivity contribution in [1.29, 1.82) is 0 Å². The summed E-state index contributed by atoms with van der Waals surface area (Å²) in [5, 5.41) is 2.89. The fourth-order valence-electron chi connectivity index (χ4n) is 2.46. The second kappa shape index (κ2) is 6.00. The van der Waals surface area contributed by atoms with Crippen molar-refractivity contribution >= 4 is 11.8 Å². The van der Waals surface area contributed by atoms with Crippen LogP contribution in [0.4, 0.5) is 0 Å². The third-order valence-electron chi connectivity index (χ3n) is 3.97. The minimum Gasteiger partial charge on any atom is -0.366 e. The molecule has 20 heavy (non-hydrogen) atoms. The molecule has 0 radical (unpaired) electrons. The number of hydrogen-bond acceptors (Lipinski definition) is 4. The number of nitrogens with two attached hydrogens (primary N) is 1. The van der Waals surface area contributed by atoms with Crippen LogP contribution in [0.5, 0.6) is 0 Å². The third-order valence-corrected chi connectivity index (χ3v) is 3.97. The average Bonchev–Trinajstić information content (AvgIpc) is 2.76. The Morgan fingerprint density at radius 2 is 2.10 bits per heavy atom. The molecular formula is C14H20N4O2. The summed E-state index contributed by atoms with van der Waals surface area (Å²) in [6.07, 6.45) is 5.02. The molecule has 1 aromatic rings. The summed E-state index contributed by atoms with van der Waals surface area (Å²) >= 11 is 0. The maximum absolute atomic E-state index is 12.0. The van der Waals surface area contributed by atoms with Crippen molar-refractivity contribution < 1.29 is 9.59 Å². The van der Waals surface area contributed by atoms with E-state index in [1.54, 1.807) is 0 Å². The number of aromatic nitrogens is 1. The van der Waals surface area contributed by atoms with Crippen molar-refractivity contribution in [2.45, 2.75) is 31.8 Å². The first-order valence-electron chi connectivity index (χ1n) is 6.74. The molecule has 0 spiro atoms. The fourth-order valence-corrected chi connectivity index (χ4v) is 2.46. The van der Waals surface area contributed by atoms with Gasteiger partial charge in [-0.3, -0.25) is 19.5 Å². The van der Waals surface area contributed by atoms with E-state index < -0.39 is 5.91 Å². The first kappa shape index (κ1) is 14.5. The molecule has 0 saturated carbocycles. The van der Waals surface area contributed by atoms with Crippen molar-refractivity contribution in [2.24, 2.45) is 5.73 Å². The molecule has 2 amide bonds. The van der Waals surface area contributed by atoms with Crippen LogP contribution >= 0.6 is 0 Å². The Morgan fingerprint density at radius 1 is 1.40 bits per heavy atom. The van der Waals surface area contributed by atoms with Gasteiger partial charge >= 0.3 is 0 Å². The zero-order chi connectivity index (χ0) is 14.7. The lowest BCUT2D eigenvalue weighted by Crippen LogP contribution is -2.40. The zero-order valence-corrected chi connectivity index (χ0v) is 11.8. The first-order valence-corrected chi connectivity index (χ1v) is 6.74. The van der Waals surface area contributed by atoms with Crippen molar-refractivity contribution in [2.75, 3.05) is 13.6 Å². The van der Waals surface area contributed by atoms with Crippen LogP contribution in [0.15, 0.2) is 18.5 Å². The number of nitrogens with zero attached hydrogens (tertiary/aromatic N) is 2. The third kappa shape index (κ3) is 3.14. The van der Waals surface area contributed by atoms with Gasteiger partial charge < -0.3 is 11.1 Å². The van der Waals surface area contributed by atoms with Gasteiger partial charge in [0.25, 0.3) is 5.91 Å². The molecule has 6 heteroatoms. The van der Waals surface area contributed by atoms with Crippen molar-refractivity contribution in [3.05, 3.63) is 29.6 Å². The van der Waals surface area contributed by atoms with Crippen LogP contribution in [-0.4, -0.2) is 47.4 Å². The van der Waals surface area contributed by atoms with E-state index in [0.29, 0.717) is 24.2 Å². The predicted octanol–water partition coefficient (Wildman–Crippen LogP) is 0.393. The molecule has 1 aromatic heterocycles. The monoisotopic (exact) mass is 276 g/mol. The Hall–Kier alpha value is -1.95. The second-order valence-corrected chi connectivity index (χ2v) is 5.28. The van der Waals surface area contributed by atoms with E-state index in [1.165, 1.54) is 18.5 Å². The number of rotatable bonds is 4. The fraction of sp³-hybridized carbons (Fsp3) is 0.500. The van der Waals surface area contributed by atoms with Gasteiger partial charge in [0.15, 0.2) is 0 Å². The van der Waals surface area contributed by atoms with E-state index in [0.717, 1.165) is 12.8 Å². The molecule has 2 rings (SSSR count). The number of carbonyl (C=O) groups is 2. The Labute approximate surface area is 118 Å². The normalized spacial score (nSPS) is 22.7. The summed E-state index contributed by atoms with van der Waals surface area (Å²) in [7, 11) is 2.07. The first-order chi connectivity index (χ1) is 9.49. The number of pyridine rings is 1. The number of amides is 2. The molecule has 1 aliphatic heterocycles. The lowest BCUT2D eigenvalue weighted by Gasteiger charge is -2.23. The van der Waals surface area contributed by atoms with Crippen LogP contribution in [0, 0.1) is 0 Å². The predicted molar refractivity (Wildman–Crippen MR) is 75.3 cm³/mol. The minimum atomic E-state index is -0.587. The van der Waals surface area contributed by atoms with Crippen LogP contribution in [-0.2, 0) is 0 Å². The van der Waals surface area contributed by atoms with Gasteiger partial charge in [-0.25, -0.2) is 0 Å². The molecule has 1 fully saturated rings. The molecule has 6 nitrogen and oxygen atoms in total. The highest BCUT2D eigenvalue weighted by molar-refractivity contribution is 5.98. The minimum absolute atomic E-state index is 0.228. The highest BCUT2D eigenvalue weighted by Crippen LogP contribution is 2.20. The molecule has 2 heterocycles. The van der Waals surface area contributed by atoms with Gasteiger partial charge in [-0.15, -0.1) is 0 Å². The van der Waals surface area contributed by atoms with Crippen LogP contribution in [0.25, 0.3) is 0 Å². The summed E-state index contributed by atoms with van der Waals surface area (Å²) in [6, 6.07) is 2.38. The number of likely N-dealkylation sites (N-methyl/N-ethyl adjacent to an activating group) is 1. The second-order valence-electron chi connectivity index (χ2n) is 5.28. The molecular weight excluding hydrogens is 256 g/mol. The van der Waals surface area contributed by atoms with Crippen molar-refractivity contribution in [1.82, 2.24) is 15.2 Å². The average molecular weight is 276 g/mol. The summed E-state index contributed by atoms with van der Waals surface area (Å²) in [5.74, 6) is -0.815. The Balaban J connectivity index is 1.95. The lowest BCUT2D eigenvalue weighted by atomic mass is 10.1. The summed E-state index contributed by atoms with van der Waals surface area (Å²) in [5.41, 5.74) is 5.77. The standard InChI is InChI=1S/C14H20N4O2/c1-9-3-4-12(18(9)2)8-17-14(20)11-5-10(13(15)19)6-16-7-11/h5-7,9,12H,3-4,8H2,1-2H3,(H2,15,19)(H,17,20)/t9-,12-/m0/s1. The van der Waals surface area contributed by atoms with E-state index in [4.69, 9.17) is 5.73 Å². The molecule has 0 aliphatic carbocycles. The number of likely N-dealkylation sites (tertiary alicyclic amines) is 1. The number of nitrogens with one attached hydrogen (secondary N) is 1. The summed E-state index contributed by atoms with van der Waals surface area (Å²) < 4.78 is 0. The highest BCUT2D eigenvalue weighted by atomic mass is 16.2. The molecule has 1 saturated heterocycles. The van der Waals surface area contributed by atoms with Gasteiger partial charge in [0.05, 0.1) is 11.1 Å². The van der Waals surface area contributed by atoms with E-state index >= 15 is 0 Å². The Bertz CT molecular complexity index is 518. The smallest absolute Gasteiger partial charge is 0.252 e. The summed E-state index contributed by atoms with van der Waals surface area (Å²) in [4.78, 5) is 29.2. The van der Waals surface area contributed by atoms with E-state index in [1.807, 2.05) is 0 Å². The van der Waals surface area contributed by atoms with Crippen molar-refractivity contribution in [3.63, 3.8) is 0 Å². The van der Waals surface area contributed by atoms with Gasteiger partial charge in [-0.05, 0) is 32.9 Å². The van der Waals surface area contributed by atoms with Gasteiger partial charge in [0.2, 0.25) is 5.91 Å². The van der Waals surface area contributed by atoms with Crippen LogP contribution < -0.4 is 11.1 Å². The highest BCUT2D eigenvalue weighted by Gasteiger charge is 2.27. The molecule has 3 N–H and O–H groups in total. The largest absolute Gasteiger partial charge is 0.366 e. The topological polar surface area (TPSA) is 88.3 Å². The van der Waals surface area contributed by atoms with E-state index in [-0.39, 0.29) is 11.5 Å². The van der Waals surface area contributed by atoms with Crippen LogP contribution in [0.2, 0.25) is 0 Å². The maximum atomic E-state index is 12.0. The Morgan fingerprint density at radius 3 is 2.70 bits per heavy atom. The molecule has 0 unspecified atom stereocenters. The molecule has 1 aliphatic rings. The van der Waals surface area contributed by atoms with E-state index in [2.05, 4.69) is 29.2 Å². The Kier molecular flexibility index (Phi) is 4.34. The molecule has 2 atom stereocenters. The van der Waals surface area contributed by atoms with E-state index in [9.17, 15) is 9.59 Å². The van der Waals surface area contributed by atoms with Gasteiger partial charge in [0.1, 0.15) is 0 Å². The maximum Gasteiger partial charge on any atom is 0.252 e. The quantitative estimate of drug-likeness (QED) is 0.833. The summed E-state index contributed by atoms with van der Waals surface area (Å²) in [6.45, 7) is 2.78. The number of hydrogen-bond donors (Lipinski definition) is 2. The molecule has 0 bridgehead atoms. The van der Waals surface area contributed by atoms with Gasteiger partial charge in [0, 0.05) is 31.0 Å². The zero-order valence-electron chi connectivity index (χ0n) is 11.8. The van der Waals surface area contributed by atoms with Crippen LogP contribution in [0.3, 0.4) is 0 Å². The number of primary amides is 1. The molecule has 108 valence electrons. The van der Waals surface area contributed by atoms with Gasteiger partial charge in [-0.1, -0.05) is 0 Å². The van der Waals surface area contributed by atoms with Crippen LogP contribution in [0.1, 0.15) is 40.5 Å². The lowest BCUT2D eigenvalue weighted by molar-refractivity contribution is 0.0940. The SMILES string of the molecule is C[C@H]1CC[C@@H](CNC(=O)c2cncc(C(N)=O)c2)N1C. The molecule has 0 aromatic carbocycles. The van der Waals surface area contributed by atoms with Crippen molar-refractivity contribution in [3.8, 4) is 0 Å². The number of carbonyl (C=O) groups excluding carboxylic acids is 2.